The summed E-state index contributed by atoms with van der Waals surface area (Å²) in [4.78, 5) is 44.8. The third-order valence-electron chi connectivity index (χ3n) is 6.43. The summed E-state index contributed by atoms with van der Waals surface area (Å²) in [7, 11) is -4.10. The molecule has 3 N–H and O–H groups in total. The molecule has 4 rings (SSSR count). The van der Waals surface area contributed by atoms with Crippen molar-refractivity contribution < 1.29 is 27.9 Å². The Morgan fingerprint density at radius 1 is 1.00 bits per heavy atom. The molecule has 1 atom stereocenters. The molecule has 0 fully saturated rings. The maximum atomic E-state index is 13.1. The van der Waals surface area contributed by atoms with E-state index in [4.69, 9.17) is 0 Å². The minimum atomic E-state index is -4.10. The molecule has 12 nitrogen and oxygen atoms in total. The second-order valence-corrected chi connectivity index (χ2v) is 11.6. The molecule has 0 spiro atoms. The van der Waals surface area contributed by atoms with Crippen molar-refractivity contribution in [3.63, 3.8) is 0 Å². The third-order valence-corrected chi connectivity index (χ3v) is 7.92. The largest absolute Gasteiger partial charge is 0.481 e. The van der Waals surface area contributed by atoms with Crippen LogP contribution in [0.2, 0.25) is 0 Å². The molecule has 2 heterocycles. The molecule has 0 saturated heterocycles. The van der Waals surface area contributed by atoms with Gasteiger partial charge in [0.2, 0.25) is 5.91 Å². The predicted octanol–water partition coefficient (Wildman–Crippen LogP) is 2.98. The second kappa shape index (κ2) is 13.8. The highest BCUT2D eigenvalue weighted by Crippen LogP contribution is 2.25. The summed E-state index contributed by atoms with van der Waals surface area (Å²) in [6.07, 6.45) is 4.50. The van der Waals surface area contributed by atoms with Crippen molar-refractivity contribution >= 4 is 27.8 Å². The fourth-order valence-electron chi connectivity index (χ4n) is 4.59. The highest BCUT2D eigenvalue weighted by Gasteiger charge is 2.22. The molecule has 2 aromatic carbocycles. The highest BCUT2D eigenvalue weighted by molar-refractivity contribution is 7.90. The zero-order valence-electron chi connectivity index (χ0n) is 23.7. The third kappa shape index (κ3) is 8.32. The van der Waals surface area contributed by atoms with Crippen LogP contribution < -0.4 is 10.0 Å². The maximum absolute atomic E-state index is 13.1. The summed E-state index contributed by atoms with van der Waals surface area (Å²) >= 11 is 0. The molecular weight excluding hydrogens is 572 g/mol. The fourth-order valence-corrected chi connectivity index (χ4v) is 5.80. The lowest BCUT2D eigenvalue weighted by atomic mass is 10.0. The molecule has 4 aromatic rings. The molecule has 0 aliphatic heterocycles. The number of hydrogen-bond acceptors (Lipinski definition) is 8. The Hall–Kier alpha value is -4.91. The van der Waals surface area contributed by atoms with Crippen molar-refractivity contribution in [3.05, 3.63) is 95.7 Å². The number of hydrogen-bond donors (Lipinski definition) is 3. The van der Waals surface area contributed by atoms with Crippen LogP contribution in [-0.2, 0) is 39.0 Å². The minimum absolute atomic E-state index is 0.103. The first-order valence-electron chi connectivity index (χ1n) is 13.6. The Labute approximate surface area is 249 Å². The number of aliphatic carboxylic acids is 1. The number of aromatic nitrogens is 4. The Balaban J connectivity index is 1.53. The standard InChI is InChI=1S/C30H32N6O6S/c1-3-9-24-16-26(30(40)33-22(15-29(38)39)14-21-10-5-4-6-11-21)34-36(24)19-23-17-32-27(18-31-23)25-12-7-8-13-28(25)43(41,42)35-20(2)37/h4-8,10-13,16-18,22H,3,9,14-15,19H2,1-2H3,(H,33,40)(H,35,37)(H,38,39). The van der Waals surface area contributed by atoms with Gasteiger partial charge >= 0.3 is 5.97 Å². The summed E-state index contributed by atoms with van der Waals surface area (Å²) in [6.45, 7) is 3.32. The summed E-state index contributed by atoms with van der Waals surface area (Å²) < 4.78 is 28.9. The molecule has 2 aromatic heterocycles. The Morgan fingerprint density at radius 2 is 1.72 bits per heavy atom. The summed E-state index contributed by atoms with van der Waals surface area (Å²) in [5.41, 5.74) is 2.96. The van der Waals surface area contributed by atoms with Crippen molar-refractivity contribution in [1.82, 2.24) is 29.8 Å². The van der Waals surface area contributed by atoms with Crippen LogP contribution in [0.3, 0.4) is 0 Å². The summed E-state index contributed by atoms with van der Waals surface area (Å²) in [5.74, 6) is -2.20. The number of carboxylic acids is 1. The van der Waals surface area contributed by atoms with Crippen LogP contribution in [0.5, 0.6) is 0 Å². The van der Waals surface area contributed by atoms with E-state index < -0.39 is 33.8 Å². The summed E-state index contributed by atoms with van der Waals surface area (Å²) in [5, 5.41) is 16.7. The van der Waals surface area contributed by atoms with Gasteiger partial charge < -0.3 is 10.4 Å². The summed E-state index contributed by atoms with van der Waals surface area (Å²) in [6, 6.07) is 16.6. The first-order chi connectivity index (χ1) is 20.6. The molecule has 0 bridgehead atoms. The molecular formula is C30H32N6O6S. The molecule has 0 aliphatic carbocycles. The van der Waals surface area contributed by atoms with Crippen molar-refractivity contribution in [2.75, 3.05) is 0 Å². The fraction of sp³-hybridized carbons (Fsp3) is 0.267. The van der Waals surface area contributed by atoms with Crippen LogP contribution in [0.1, 0.15) is 54.1 Å². The Morgan fingerprint density at radius 3 is 2.37 bits per heavy atom. The number of carbonyl (C=O) groups excluding carboxylic acids is 2. The molecule has 2 amide bonds. The van der Waals surface area contributed by atoms with Crippen LogP contribution in [0.4, 0.5) is 0 Å². The number of carbonyl (C=O) groups is 3. The number of sulfonamides is 1. The number of carboxylic acid groups (broad SMARTS) is 1. The van der Waals surface area contributed by atoms with Crippen molar-refractivity contribution in [2.24, 2.45) is 0 Å². The van der Waals surface area contributed by atoms with Gasteiger partial charge in [0.1, 0.15) is 5.69 Å². The Bertz CT molecular complexity index is 1700. The number of rotatable bonds is 13. The van der Waals surface area contributed by atoms with Gasteiger partial charge in [-0.05, 0) is 30.5 Å². The zero-order valence-corrected chi connectivity index (χ0v) is 24.5. The van der Waals surface area contributed by atoms with Crippen LogP contribution >= 0.6 is 0 Å². The highest BCUT2D eigenvalue weighted by atomic mass is 32.2. The van der Waals surface area contributed by atoms with Gasteiger partial charge in [-0.2, -0.15) is 5.10 Å². The van der Waals surface area contributed by atoms with Crippen molar-refractivity contribution in [1.29, 1.82) is 0 Å². The molecule has 1 unspecified atom stereocenters. The number of nitrogens with one attached hydrogen (secondary N) is 2. The van der Waals surface area contributed by atoms with Gasteiger partial charge in [-0.1, -0.05) is 61.9 Å². The molecule has 13 heteroatoms. The van der Waals surface area contributed by atoms with Crippen LogP contribution in [-0.4, -0.2) is 57.1 Å². The number of amides is 2. The van der Waals surface area contributed by atoms with Gasteiger partial charge in [0.25, 0.3) is 15.9 Å². The average Bonchev–Trinajstić information content (AvgIpc) is 3.35. The first-order valence-corrected chi connectivity index (χ1v) is 15.1. The van der Waals surface area contributed by atoms with Gasteiger partial charge in [0.15, 0.2) is 0 Å². The van der Waals surface area contributed by atoms with Crippen LogP contribution in [0.15, 0.2) is 78.0 Å². The normalized spacial score (nSPS) is 12.0. The van der Waals surface area contributed by atoms with Crippen LogP contribution in [0, 0.1) is 0 Å². The van der Waals surface area contributed by atoms with E-state index in [-0.39, 0.29) is 29.1 Å². The van der Waals surface area contributed by atoms with Crippen LogP contribution in [0.25, 0.3) is 11.3 Å². The maximum Gasteiger partial charge on any atom is 0.305 e. The van der Waals surface area contributed by atoms with E-state index in [0.717, 1.165) is 24.6 Å². The number of nitrogens with zero attached hydrogens (tertiary/aromatic N) is 4. The van der Waals surface area contributed by atoms with E-state index in [1.54, 1.807) is 28.9 Å². The van der Waals surface area contributed by atoms with E-state index in [9.17, 15) is 27.9 Å². The molecule has 43 heavy (non-hydrogen) atoms. The molecule has 0 aliphatic rings. The van der Waals surface area contributed by atoms with Gasteiger partial charge in [-0.3, -0.25) is 29.0 Å². The zero-order chi connectivity index (χ0) is 31.0. The van der Waals surface area contributed by atoms with Crippen molar-refractivity contribution in [3.8, 4) is 11.3 Å². The smallest absolute Gasteiger partial charge is 0.305 e. The van der Waals surface area contributed by atoms with Gasteiger partial charge in [-0.25, -0.2) is 13.1 Å². The first kappa shape index (κ1) is 31.0. The minimum Gasteiger partial charge on any atom is -0.481 e. The quantitative estimate of drug-likeness (QED) is 0.207. The van der Waals surface area contributed by atoms with E-state index in [1.807, 2.05) is 42.0 Å². The average molecular weight is 605 g/mol. The van der Waals surface area contributed by atoms with Gasteiger partial charge in [0.05, 0.1) is 41.6 Å². The molecule has 0 saturated carbocycles. The lowest BCUT2D eigenvalue weighted by Gasteiger charge is -2.16. The van der Waals surface area contributed by atoms with E-state index in [0.29, 0.717) is 24.2 Å². The molecule has 0 radical (unpaired) electrons. The Kier molecular flexibility index (Phi) is 9.99. The SMILES string of the molecule is CCCc1cc(C(=O)NC(CC(=O)O)Cc2ccccc2)nn1Cc1cnc(-c2ccccc2S(=O)(=O)NC(C)=O)cn1. The number of benzene rings is 2. The lowest BCUT2D eigenvalue weighted by molar-refractivity contribution is -0.137. The van der Waals surface area contributed by atoms with E-state index in [1.165, 1.54) is 18.5 Å². The molecule has 224 valence electrons. The van der Waals surface area contributed by atoms with Gasteiger partial charge in [0, 0.05) is 24.2 Å². The second-order valence-electron chi connectivity index (χ2n) is 9.94. The van der Waals surface area contributed by atoms with E-state index >= 15 is 0 Å². The van der Waals surface area contributed by atoms with Crippen molar-refractivity contribution in [2.45, 2.75) is 57.0 Å². The monoisotopic (exact) mass is 604 g/mol. The lowest BCUT2D eigenvalue weighted by Crippen LogP contribution is -2.38. The van der Waals surface area contributed by atoms with Gasteiger partial charge in [-0.15, -0.1) is 0 Å². The predicted molar refractivity (Wildman–Crippen MR) is 157 cm³/mol. The topological polar surface area (TPSA) is 173 Å². The van der Waals surface area contributed by atoms with E-state index in [2.05, 4.69) is 20.4 Å². The number of aryl methyl sites for hydroxylation is 1.